The van der Waals surface area contributed by atoms with Gasteiger partial charge in [0.25, 0.3) is 0 Å². The second kappa shape index (κ2) is 11.1. The molecule has 30 heavy (non-hydrogen) atoms. The van der Waals surface area contributed by atoms with Gasteiger partial charge in [0.05, 0.1) is 24.5 Å². The van der Waals surface area contributed by atoms with Crippen molar-refractivity contribution >= 4 is 23.4 Å². The van der Waals surface area contributed by atoms with E-state index < -0.39 is 17.7 Å². The van der Waals surface area contributed by atoms with E-state index in [1.807, 2.05) is 0 Å². The van der Waals surface area contributed by atoms with Crippen molar-refractivity contribution in [1.29, 1.82) is 0 Å². The lowest BCUT2D eigenvalue weighted by atomic mass is 10.1. The van der Waals surface area contributed by atoms with Gasteiger partial charge in [0.2, 0.25) is 0 Å². The molecule has 5 nitrogen and oxygen atoms in total. The smallest absolute Gasteiger partial charge is 0.416 e. The number of ether oxygens (including phenoxy) is 2. The number of hydrogen-bond donors (Lipinski definition) is 2. The largest absolute Gasteiger partial charge is 0.491 e. The van der Waals surface area contributed by atoms with E-state index in [2.05, 4.69) is 0 Å². The number of benzene rings is 2. The normalized spacial score (nSPS) is 11.6. The van der Waals surface area contributed by atoms with Crippen LogP contribution in [0, 0.1) is 0 Å². The number of alkyl halides is 3. The Bertz CT molecular complexity index is 850. The van der Waals surface area contributed by atoms with E-state index in [1.54, 1.807) is 18.2 Å². The number of rotatable bonds is 10. The number of anilines is 2. The van der Waals surface area contributed by atoms with Crippen LogP contribution < -0.4 is 16.2 Å². The quantitative estimate of drug-likeness (QED) is 0.242. The first-order valence-electron chi connectivity index (χ1n) is 9.55. The lowest BCUT2D eigenvalue weighted by Crippen LogP contribution is -2.04. The summed E-state index contributed by atoms with van der Waals surface area (Å²) in [5.74, 6) is 0.0787. The van der Waals surface area contributed by atoms with Gasteiger partial charge in [-0.1, -0.05) is 12.1 Å². The summed E-state index contributed by atoms with van der Waals surface area (Å²) < 4.78 is 48.2. The Balaban J connectivity index is 1.56. The molecule has 0 spiro atoms. The van der Waals surface area contributed by atoms with Gasteiger partial charge in [-0.25, -0.2) is 4.79 Å². The number of nitrogen functional groups attached to an aromatic ring is 2. The summed E-state index contributed by atoms with van der Waals surface area (Å²) in [5.41, 5.74) is 12.3. The highest BCUT2D eigenvalue weighted by molar-refractivity contribution is 5.87. The van der Waals surface area contributed by atoms with Crippen LogP contribution in [0.5, 0.6) is 5.75 Å². The van der Waals surface area contributed by atoms with Crippen molar-refractivity contribution in [3.63, 3.8) is 0 Å². The van der Waals surface area contributed by atoms with Gasteiger partial charge in [0.1, 0.15) is 5.75 Å². The average Bonchev–Trinajstić information content (AvgIpc) is 2.69. The fourth-order valence-electron chi connectivity index (χ4n) is 2.61. The zero-order valence-electron chi connectivity index (χ0n) is 16.5. The molecule has 0 heterocycles. The van der Waals surface area contributed by atoms with Gasteiger partial charge in [-0.05, 0) is 67.7 Å². The summed E-state index contributed by atoms with van der Waals surface area (Å²) in [5, 5.41) is 0. The Morgan fingerprint density at radius 3 is 2.23 bits per heavy atom. The molecule has 0 amide bonds. The number of esters is 1. The molecule has 2 aromatic rings. The minimum atomic E-state index is -4.38. The number of halogens is 3. The molecule has 0 radical (unpaired) electrons. The molecule has 0 aromatic heterocycles. The summed E-state index contributed by atoms with van der Waals surface area (Å²) in [6.45, 7) is 0.811. The maximum atomic E-state index is 12.5. The number of unbranched alkanes of at least 4 members (excludes halogenated alkanes) is 3. The maximum Gasteiger partial charge on any atom is 0.416 e. The monoisotopic (exact) mass is 422 g/mol. The minimum Gasteiger partial charge on any atom is -0.491 e. The highest BCUT2D eigenvalue weighted by Gasteiger charge is 2.29. The van der Waals surface area contributed by atoms with Crippen molar-refractivity contribution in [2.75, 3.05) is 24.7 Å². The molecular weight excluding hydrogens is 397 g/mol. The SMILES string of the molecule is Nc1ccc(OCCCCCCOC(=O)C=Cc2ccc(C(F)(F)F)cc2)c(N)c1. The molecule has 0 aliphatic heterocycles. The van der Waals surface area contributed by atoms with E-state index >= 15 is 0 Å². The second-order valence-electron chi connectivity index (χ2n) is 6.68. The zero-order chi connectivity index (χ0) is 22.0. The van der Waals surface area contributed by atoms with Gasteiger partial charge in [0.15, 0.2) is 0 Å². The van der Waals surface area contributed by atoms with Crippen molar-refractivity contribution in [1.82, 2.24) is 0 Å². The van der Waals surface area contributed by atoms with E-state index in [0.29, 0.717) is 35.7 Å². The van der Waals surface area contributed by atoms with E-state index in [-0.39, 0.29) is 6.61 Å². The van der Waals surface area contributed by atoms with E-state index in [1.165, 1.54) is 24.3 Å². The van der Waals surface area contributed by atoms with Crippen LogP contribution in [0.4, 0.5) is 24.5 Å². The van der Waals surface area contributed by atoms with E-state index in [9.17, 15) is 18.0 Å². The molecule has 0 saturated carbocycles. The van der Waals surface area contributed by atoms with Gasteiger partial charge in [-0.2, -0.15) is 13.2 Å². The first kappa shape index (κ1) is 23.1. The van der Waals surface area contributed by atoms with Crippen LogP contribution in [0.25, 0.3) is 6.08 Å². The summed E-state index contributed by atoms with van der Waals surface area (Å²) in [6.07, 6.45) is 1.58. The molecule has 0 atom stereocenters. The topological polar surface area (TPSA) is 87.6 Å². The highest BCUT2D eigenvalue weighted by Crippen LogP contribution is 2.29. The summed E-state index contributed by atoms with van der Waals surface area (Å²) >= 11 is 0. The van der Waals surface area contributed by atoms with Crippen molar-refractivity contribution in [2.24, 2.45) is 0 Å². The molecule has 8 heteroatoms. The Labute approximate surface area is 173 Å². The predicted molar refractivity (Wildman–Crippen MR) is 111 cm³/mol. The van der Waals surface area contributed by atoms with Crippen LogP contribution in [0.15, 0.2) is 48.5 Å². The summed E-state index contributed by atoms with van der Waals surface area (Å²) in [6, 6.07) is 9.65. The maximum absolute atomic E-state index is 12.5. The second-order valence-corrected chi connectivity index (χ2v) is 6.68. The van der Waals surface area contributed by atoms with Crippen LogP contribution >= 0.6 is 0 Å². The third-order valence-corrected chi connectivity index (χ3v) is 4.22. The predicted octanol–water partition coefficient (Wildman–Crippen LogP) is 5.07. The van der Waals surface area contributed by atoms with Crippen molar-refractivity contribution in [3.05, 3.63) is 59.7 Å². The molecular formula is C22H25F3N2O3. The van der Waals surface area contributed by atoms with Gasteiger partial charge in [-0.15, -0.1) is 0 Å². The molecule has 4 N–H and O–H groups in total. The van der Waals surface area contributed by atoms with Gasteiger partial charge in [0, 0.05) is 11.8 Å². The molecule has 162 valence electrons. The summed E-state index contributed by atoms with van der Waals surface area (Å²) in [7, 11) is 0. The number of carbonyl (C=O) groups is 1. The molecule has 2 aromatic carbocycles. The first-order chi connectivity index (χ1) is 14.3. The fourth-order valence-corrected chi connectivity index (χ4v) is 2.61. The lowest BCUT2D eigenvalue weighted by molar-refractivity contribution is -0.138. The van der Waals surface area contributed by atoms with Crippen molar-refractivity contribution in [3.8, 4) is 5.75 Å². The van der Waals surface area contributed by atoms with Crippen molar-refractivity contribution < 1.29 is 27.4 Å². The molecule has 0 saturated heterocycles. The molecule has 0 bridgehead atoms. The number of nitrogens with two attached hydrogens (primary N) is 2. The van der Waals surface area contributed by atoms with E-state index in [4.69, 9.17) is 20.9 Å². The van der Waals surface area contributed by atoms with Crippen LogP contribution in [-0.2, 0) is 15.7 Å². The Morgan fingerprint density at radius 2 is 1.60 bits per heavy atom. The Kier molecular flexibility index (Phi) is 8.58. The van der Waals surface area contributed by atoms with Gasteiger partial charge < -0.3 is 20.9 Å². The highest BCUT2D eigenvalue weighted by atomic mass is 19.4. The molecule has 0 unspecified atom stereocenters. The minimum absolute atomic E-state index is 0.280. The Hall–Kier alpha value is -3.16. The van der Waals surface area contributed by atoms with Crippen LogP contribution in [0.1, 0.15) is 36.8 Å². The molecule has 0 aliphatic rings. The molecule has 0 aliphatic carbocycles. The number of carbonyl (C=O) groups excluding carboxylic acids is 1. The molecule has 0 fully saturated rings. The Morgan fingerprint density at radius 1 is 0.933 bits per heavy atom. The van der Waals surface area contributed by atoms with Crippen LogP contribution in [0.2, 0.25) is 0 Å². The number of hydrogen-bond acceptors (Lipinski definition) is 5. The molecule has 2 rings (SSSR count). The van der Waals surface area contributed by atoms with Crippen molar-refractivity contribution in [2.45, 2.75) is 31.9 Å². The first-order valence-corrected chi connectivity index (χ1v) is 9.55. The third-order valence-electron chi connectivity index (χ3n) is 4.22. The van der Waals surface area contributed by atoms with E-state index in [0.717, 1.165) is 31.4 Å². The van der Waals surface area contributed by atoms with Crippen LogP contribution in [-0.4, -0.2) is 19.2 Å². The van der Waals surface area contributed by atoms with Gasteiger partial charge >= 0.3 is 12.1 Å². The standard InChI is InChI=1S/C22H25F3N2O3/c23-22(24,25)17-8-5-16(6-9-17)7-12-21(28)30-14-4-2-1-3-13-29-20-11-10-18(26)15-19(20)27/h5-12,15H,1-4,13-14,26-27H2. The summed E-state index contributed by atoms with van der Waals surface area (Å²) in [4.78, 5) is 11.7. The fraction of sp³-hybridized carbons (Fsp3) is 0.318. The zero-order valence-corrected chi connectivity index (χ0v) is 16.5. The van der Waals surface area contributed by atoms with Crippen LogP contribution in [0.3, 0.4) is 0 Å². The van der Waals surface area contributed by atoms with Gasteiger partial charge in [-0.3, -0.25) is 0 Å². The third kappa shape index (κ3) is 8.06. The lowest BCUT2D eigenvalue weighted by Gasteiger charge is -2.09. The average molecular weight is 422 g/mol.